The van der Waals surface area contributed by atoms with Crippen LogP contribution in [0.15, 0.2) is 79.3 Å². The van der Waals surface area contributed by atoms with Crippen molar-refractivity contribution in [2.75, 3.05) is 18.4 Å². The number of pyridine rings is 1. The van der Waals surface area contributed by atoms with Gasteiger partial charge in [0.2, 0.25) is 0 Å². The van der Waals surface area contributed by atoms with Crippen molar-refractivity contribution in [3.05, 3.63) is 95.4 Å². The van der Waals surface area contributed by atoms with Crippen LogP contribution in [0, 0.1) is 0 Å². The molecule has 2 amide bonds. The van der Waals surface area contributed by atoms with Gasteiger partial charge in [-0.25, -0.2) is 4.68 Å². The van der Waals surface area contributed by atoms with Crippen LogP contribution in [0.25, 0.3) is 16.9 Å². The summed E-state index contributed by atoms with van der Waals surface area (Å²) in [5, 5.41) is 7.80. The quantitative estimate of drug-likeness (QED) is 0.394. The number of carbonyl (C=O) groups is 2. The molecule has 34 heavy (non-hydrogen) atoms. The smallest absolute Gasteiger partial charge is 0.259 e. The molecule has 0 fully saturated rings. The summed E-state index contributed by atoms with van der Waals surface area (Å²) < 4.78 is 1.66. The van der Waals surface area contributed by atoms with E-state index in [0.717, 1.165) is 11.3 Å². The molecule has 0 aliphatic rings. The number of anilines is 1. The van der Waals surface area contributed by atoms with Crippen molar-refractivity contribution >= 4 is 29.1 Å². The zero-order chi connectivity index (χ0) is 24.1. The van der Waals surface area contributed by atoms with Gasteiger partial charge < -0.3 is 10.2 Å². The highest BCUT2D eigenvalue weighted by Crippen LogP contribution is 2.26. The summed E-state index contributed by atoms with van der Waals surface area (Å²) in [4.78, 5) is 31.8. The number of halogens is 1. The molecule has 4 rings (SSSR count). The van der Waals surface area contributed by atoms with Crippen LogP contribution in [-0.4, -0.2) is 44.6 Å². The summed E-state index contributed by atoms with van der Waals surface area (Å²) in [5.74, 6) is -0.490. The van der Waals surface area contributed by atoms with Crippen molar-refractivity contribution < 1.29 is 9.59 Å². The van der Waals surface area contributed by atoms with Crippen molar-refractivity contribution in [1.29, 1.82) is 0 Å². The fourth-order valence-electron chi connectivity index (χ4n) is 3.62. The number of nitrogens with zero attached hydrogens (tertiary/aromatic N) is 4. The van der Waals surface area contributed by atoms with Gasteiger partial charge in [-0.2, -0.15) is 5.10 Å². The van der Waals surface area contributed by atoms with E-state index in [9.17, 15) is 9.59 Å². The molecule has 0 bridgehead atoms. The predicted molar refractivity (Wildman–Crippen MR) is 133 cm³/mol. The molecule has 2 aromatic heterocycles. The highest BCUT2D eigenvalue weighted by Gasteiger charge is 2.20. The van der Waals surface area contributed by atoms with E-state index in [-0.39, 0.29) is 16.8 Å². The van der Waals surface area contributed by atoms with Gasteiger partial charge in [0, 0.05) is 42.9 Å². The fourth-order valence-corrected chi connectivity index (χ4v) is 3.88. The van der Waals surface area contributed by atoms with Crippen molar-refractivity contribution in [1.82, 2.24) is 19.7 Å². The molecule has 0 radical (unpaired) electrons. The molecule has 0 aliphatic carbocycles. The number of para-hydroxylation sites is 1. The molecule has 4 aromatic rings. The fraction of sp³-hybridized carbons (Fsp3) is 0.154. The average molecular weight is 474 g/mol. The van der Waals surface area contributed by atoms with Gasteiger partial charge in [-0.3, -0.25) is 14.6 Å². The Kier molecular flexibility index (Phi) is 7.04. The van der Waals surface area contributed by atoms with Gasteiger partial charge in [0.05, 0.1) is 21.8 Å². The number of rotatable bonds is 7. The second kappa shape index (κ2) is 10.3. The molecule has 1 N–H and O–H groups in total. The van der Waals surface area contributed by atoms with E-state index in [1.807, 2.05) is 50.2 Å². The van der Waals surface area contributed by atoms with Crippen LogP contribution in [0.5, 0.6) is 0 Å². The summed E-state index contributed by atoms with van der Waals surface area (Å²) >= 11 is 6.40. The maximum Gasteiger partial charge on any atom is 0.259 e. The summed E-state index contributed by atoms with van der Waals surface area (Å²) in [7, 11) is 0. The lowest BCUT2D eigenvalue weighted by Gasteiger charge is -2.19. The van der Waals surface area contributed by atoms with Crippen molar-refractivity contribution in [3.63, 3.8) is 0 Å². The number of nitrogens with one attached hydrogen (secondary N) is 1. The molecular weight excluding hydrogens is 450 g/mol. The summed E-state index contributed by atoms with van der Waals surface area (Å²) in [6, 6.07) is 18.1. The third kappa shape index (κ3) is 4.84. The van der Waals surface area contributed by atoms with Crippen LogP contribution < -0.4 is 5.32 Å². The van der Waals surface area contributed by atoms with Gasteiger partial charge in [0.25, 0.3) is 11.8 Å². The van der Waals surface area contributed by atoms with E-state index in [2.05, 4.69) is 15.4 Å². The summed E-state index contributed by atoms with van der Waals surface area (Å²) in [5.41, 5.74) is 3.33. The van der Waals surface area contributed by atoms with E-state index in [1.165, 1.54) is 0 Å². The minimum Gasteiger partial charge on any atom is -0.339 e. The van der Waals surface area contributed by atoms with E-state index in [4.69, 9.17) is 11.6 Å². The molecule has 0 saturated heterocycles. The van der Waals surface area contributed by atoms with E-state index in [1.54, 1.807) is 52.4 Å². The Hall–Kier alpha value is -3.97. The molecule has 7 nitrogen and oxygen atoms in total. The standard InChI is InChI=1S/C26H24ClN5O2/c1-3-31(4-2)26(34)21-13-12-19(15-23(21)27)29-25(33)22-17-32(20-10-6-5-7-11-20)30-24(22)18-9-8-14-28-16-18/h5-17H,3-4H2,1-2H3,(H,29,33). The first-order chi connectivity index (χ1) is 16.5. The number of amides is 2. The van der Waals surface area contributed by atoms with Gasteiger partial charge >= 0.3 is 0 Å². The van der Waals surface area contributed by atoms with E-state index < -0.39 is 0 Å². The lowest BCUT2D eigenvalue weighted by atomic mass is 10.1. The number of hydrogen-bond donors (Lipinski definition) is 1. The third-order valence-corrected chi connectivity index (χ3v) is 5.74. The lowest BCUT2D eigenvalue weighted by Crippen LogP contribution is -2.30. The Bertz CT molecular complexity index is 1300. The first-order valence-electron chi connectivity index (χ1n) is 11.0. The van der Waals surface area contributed by atoms with Crippen LogP contribution in [0.3, 0.4) is 0 Å². The monoisotopic (exact) mass is 473 g/mol. The minimum absolute atomic E-state index is 0.143. The zero-order valence-corrected chi connectivity index (χ0v) is 19.7. The second-order valence-electron chi connectivity index (χ2n) is 7.54. The molecule has 0 saturated carbocycles. The topological polar surface area (TPSA) is 80.1 Å². The number of benzene rings is 2. The highest BCUT2D eigenvalue weighted by atomic mass is 35.5. The number of aromatic nitrogens is 3. The van der Waals surface area contributed by atoms with Gasteiger partial charge in [-0.15, -0.1) is 0 Å². The molecule has 172 valence electrons. The highest BCUT2D eigenvalue weighted by molar-refractivity contribution is 6.34. The van der Waals surface area contributed by atoms with Crippen molar-refractivity contribution in [2.24, 2.45) is 0 Å². The lowest BCUT2D eigenvalue weighted by molar-refractivity contribution is 0.0773. The predicted octanol–water partition coefficient (Wildman–Crippen LogP) is 5.32. The van der Waals surface area contributed by atoms with Crippen LogP contribution in [0.4, 0.5) is 5.69 Å². The third-order valence-electron chi connectivity index (χ3n) is 5.42. The Morgan fingerprint density at radius 2 is 1.76 bits per heavy atom. The largest absolute Gasteiger partial charge is 0.339 e. The average Bonchev–Trinajstić information content (AvgIpc) is 3.32. The Balaban J connectivity index is 1.65. The molecule has 0 unspecified atom stereocenters. The minimum atomic E-state index is -0.347. The number of hydrogen-bond acceptors (Lipinski definition) is 4. The number of carbonyl (C=O) groups excluding carboxylic acids is 2. The first-order valence-corrected chi connectivity index (χ1v) is 11.3. The molecule has 2 heterocycles. The molecule has 8 heteroatoms. The summed E-state index contributed by atoms with van der Waals surface area (Å²) in [6.07, 6.45) is 5.02. The van der Waals surface area contributed by atoms with E-state index >= 15 is 0 Å². The van der Waals surface area contributed by atoms with Gasteiger partial charge in [-0.1, -0.05) is 29.8 Å². The molecule has 0 spiro atoms. The second-order valence-corrected chi connectivity index (χ2v) is 7.95. The SMILES string of the molecule is CCN(CC)C(=O)c1ccc(NC(=O)c2cn(-c3ccccc3)nc2-c2cccnc2)cc1Cl. The van der Waals surface area contributed by atoms with Crippen LogP contribution >= 0.6 is 11.6 Å². The van der Waals surface area contributed by atoms with Crippen LogP contribution in [0.2, 0.25) is 5.02 Å². The van der Waals surface area contributed by atoms with Gasteiger partial charge in [0.1, 0.15) is 5.69 Å². The Labute approximate surface area is 203 Å². The normalized spacial score (nSPS) is 10.7. The maximum absolute atomic E-state index is 13.3. The van der Waals surface area contributed by atoms with Gasteiger partial charge in [-0.05, 0) is 56.3 Å². The molecule has 2 aromatic carbocycles. The zero-order valence-electron chi connectivity index (χ0n) is 18.9. The molecule has 0 aliphatic heterocycles. The van der Waals surface area contributed by atoms with Crippen LogP contribution in [0.1, 0.15) is 34.6 Å². The maximum atomic E-state index is 13.3. The Morgan fingerprint density at radius 1 is 1.00 bits per heavy atom. The van der Waals surface area contributed by atoms with Crippen molar-refractivity contribution in [3.8, 4) is 16.9 Å². The first kappa shape index (κ1) is 23.2. The van der Waals surface area contributed by atoms with Crippen LogP contribution in [-0.2, 0) is 0 Å². The molecule has 0 atom stereocenters. The Morgan fingerprint density at radius 3 is 2.41 bits per heavy atom. The molecular formula is C26H24ClN5O2. The van der Waals surface area contributed by atoms with E-state index in [0.29, 0.717) is 35.6 Å². The van der Waals surface area contributed by atoms with Crippen molar-refractivity contribution in [2.45, 2.75) is 13.8 Å². The summed E-state index contributed by atoms with van der Waals surface area (Å²) in [6.45, 7) is 5.01. The van der Waals surface area contributed by atoms with Gasteiger partial charge in [0.15, 0.2) is 0 Å².